The molecule has 8 N–H and O–H groups in total. The Morgan fingerprint density at radius 2 is 1.73 bits per heavy atom. The molecule has 1 saturated heterocycles. The number of ketones is 2. The highest BCUT2D eigenvalue weighted by molar-refractivity contribution is 6.30. The van der Waals surface area contributed by atoms with Crippen molar-refractivity contribution in [1.29, 1.82) is 0 Å². The number of hydrogen-bond donors (Lipinski definition) is 7. The molecule has 0 spiro atoms. The summed E-state index contributed by atoms with van der Waals surface area (Å²) < 4.78 is 16.5. The van der Waals surface area contributed by atoms with Gasteiger partial charge in [0.1, 0.15) is 41.7 Å². The molecule has 1 unspecified atom stereocenters. The van der Waals surface area contributed by atoms with Gasteiger partial charge in [0.05, 0.1) is 31.0 Å². The molecule has 3 aliphatic rings. The van der Waals surface area contributed by atoms with Crippen LogP contribution in [0.3, 0.4) is 0 Å². The van der Waals surface area contributed by atoms with Gasteiger partial charge in [0.2, 0.25) is 12.1 Å². The third-order valence-corrected chi connectivity index (χ3v) is 7.20. The smallest absolute Gasteiger partial charge is 0.229 e. The molecule has 2 aromatic carbocycles. The number of nitrogens with one attached hydrogen (secondary N) is 1. The van der Waals surface area contributed by atoms with Gasteiger partial charge in [-0.1, -0.05) is 6.08 Å². The lowest BCUT2D eigenvalue weighted by molar-refractivity contribution is -0.277. The normalized spacial score (nSPS) is 27.4. The highest BCUT2D eigenvalue weighted by atomic mass is 16.7. The number of aryl methyl sites for hydroxylation is 1. The van der Waals surface area contributed by atoms with Gasteiger partial charge in [-0.15, -0.1) is 0 Å². The van der Waals surface area contributed by atoms with Crippen LogP contribution >= 0.6 is 0 Å². The largest absolute Gasteiger partial charge is 0.507 e. The number of aliphatic hydroxyl groups excluding tert-OH is 4. The molecule has 1 aliphatic carbocycles. The molecule has 0 saturated carbocycles. The first-order chi connectivity index (χ1) is 19.1. The zero-order valence-electron chi connectivity index (χ0n) is 21.5. The monoisotopic (exact) mass is 554 g/mol. The molecule has 12 nitrogen and oxygen atoms in total. The van der Waals surface area contributed by atoms with Crippen molar-refractivity contribution in [2.45, 2.75) is 49.7 Å². The van der Waals surface area contributed by atoms with Gasteiger partial charge in [-0.3, -0.25) is 9.59 Å². The van der Waals surface area contributed by atoms with E-state index in [2.05, 4.69) is 5.32 Å². The first-order valence-electron chi connectivity index (χ1n) is 12.7. The van der Waals surface area contributed by atoms with Gasteiger partial charge in [-0.05, 0) is 48.3 Å². The summed E-state index contributed by atoms with van der Waals surface area (Å²) in [6.07, 6.45) is -1.61. The number of phenolic OH excluding ortho intramolecular Hbond substituents is 1. The Morgan fingerprint density at radius 3 is 2.40 bits per heavy atom. The van der Waals surface area contributed by atoms with E-state index in [4.69, 9.17) is 19.9 Å². The number of hydrogen-bond acceptors (Lipinski definition) is 12. The summed E-state index contributed by atoms with van der Waals surface area (Å²) in [7, 11) is 1.35. The predicted octanol–water partition coefficient (Wildman–Crippen LogP) is -0.384. The summed E-state index contributed by atoms with van der Waals surface area (Å²) in [6.45, 7) is -0.681. The Kier molecular flexibility index (Phi) is 7.64. The van der Waals surface area contributed by atoms with Gasteiger partial charge in [-0.25, -0.2) is 0 Å². The fraction of sp³-hybridized carbons (Fsp3) is 0.357. The third-order valence-electron chi connectivity index (χ3n) is 7.20. The first kappa shape index (κ1) is 27.8. The van der Waals surface area contributed by atoms with Gasteiger partial charge < -0.3 is 50.8 Å². The van der Waals surface area contributed by atoms with Crippen LogP contribution in [0, 0.1) is 0 Å². The van der Waals surface area contributed by atoms with Gasteiger partial charge in [0.25, 0.3) is 0 Å². The number of carbonyl (C=O) groups is 2. The van der Waals surface area contributed by atoms with Crippen LogP contribution in [0.5, 0.6) is 17.2 Å². The van der Waals surface area contributed by atoms with Crippen molar-refractivity contribution in [3.8, 4) is 17.2 Å². The van der Waals surface area contributed by atoms with Crippen molar-refractivity contribution in [3.05, 3.63) is 76.0 Å². The van der Waals surface area contributed by atoms with E-state index >= 15 is 0 Å². The standard InChI is InChI=1S/C28H30N2O10/c1-38-14-8-16-22(18(9-14)39-28-27(37)26(36)24(34)19(11-31)40-28)25(35)21-15(23(16)33)6-13(7-17(21)32)3-2-12-4-5-20(29)30-10-12/h4-10,19-20,24,26-28,30-32,34,36-37H,2-3,11,29H2,1H3/t19-,20?,24-,26+,27-,28-/m1/s1. The molecule has 6 atom stereocenters. The van der Waals surface area contributed by atoms with Gasteiger partial charge in [0.15, 0.2) is 5.78 Å². The summed E-state index contributed by atoms with van der Waals surface area (Å²) >= 11 is 0. The molecular weight excluding hydrogens is 524 g/mol. The molecule has 2 heterocycles. The average Bonchev–Trinajstić information content (AvgIpc) is 2.95. The predicted molar refractivity (Wildman–Crippen MR) is 139 cm³/mol. The molecule has 5 rings (SSSR count). The van der Waals surface area contributed by atoms with Gasteiger partial charge >= 0.3 is 0 Å². The molecule has 1 fully saturated rings. The summed E-state index contributed by atoms with van der Waals surface area (Å²) in [4.78, 5) is 27.4. The number of rotatable bonds is 7. The molecule has 0 radical (unpaired) electrons. The molecule has 0 amide bonds. The second kappa shape index (κ2) is 11.0. The van der Waals surface area contributed by atoms with Crippen molar-refractivity contribution in [2.75, 3.05) is 13.7 Å². The number of carbonyl (C=O) groups excluding carboxylic acids is 2. The molecule has 2 aromatic rings. The van der Waals surface area contributed by atoms with Crippen molar-refractivity contribution < 1.29 is 49.3 Å². The Balaban J connectivity index is 1.48. The van der Waals surface area contributed by atoms with Gasteiger partial charge in [-0.2, -0.15) is 0 Å². The second-order valence-corrected chi connectivity index (χ2v) is 9.83. The number of phenols is 1. The SMILES string of the molecule is COc1cc(O[C@@H]2O[C@H](CO)[C@@H](O)[C@H](O)[C@H]2O)c2c(c1)C(=O)c1cc(CCC3=CNC(N)C=C3)cc(O)c1C2=O. The fourth-order valence-corrected chi connectivity index (χ4v) is 5.00. The maximum atomic E-state index is 13.7. The maximum Gasteiger partial charge on any atom is 0.229 e. The van der Waals surface area contributed by atoms with E-state index in [1.807, 2.05) is 12.2 Å². The molecule has 212 valence electrons. The van der Waals surface area contributed by atoms with Gasteiger partial charge in [0, 0.05) is 23.4 Å². The number of aromatic hydroxyl groups is 1. The first-order valence-corrected chi connectivity index (χ1v) is 12.7. The van der Waals surface area contributed by atoms with E-state index < -0.39 is 48.9 Å². The highest BCUT2D eigenvalue weighted by Crippen LogP contribution is 2.41. The average molecular weight is 555 g/mol. The molecule has 0 bridgehead atoms. The second-order valence-electron chi connectivity index (χ2n) is 9.83. The Bertz CT molecular complexity index is 1400. The number of aliphatic hydroxyl groups is 4. The van der Waals surface area contributed by atoms with Crippen LogP contribution < -0.4 is 20.5 Å². The van der Waals surface area contributed by atoms with Crippen molar-refractivity contribution in [1.82, 2.24) is 5.32 Å². The number of benzene rings is 2. The zero-order chi connectivity index (χ0) is 28.7. The van der Waals surface area contributed by atoms with E-state index in [1.165, 1.54) is 25.3 Å². The summed E-state index contributed by atoms with van der Waals surface area (Å²) in [6, 6.07) is 5.67. The van der Waals surface area contributed by atoms with E-state index in [9.17, 15) is 35.1 Å². The lowest BCUT2D eigenvalue weighted by Gasteiger charge is -2.39. The zero-order valence-corrected chi connectivity index (χ0v) is 21.5. The van der Waals surface area contributed by atoms with Crippen molar-refractivity contribution >= 4 is 11.6 Å². The highest BCUT2D eigenvalue weighted by Gasteiger charge is 2.45. The number of nitrogens with two attached hydrogens (primary N) is 1. The minimum atomic E-state index is -1.75. The lowest BCUT2D eigenvalue weighted by Crippen LogP contribution is -2.60. The summed E-state index contributed by atoms with van der Waals surface area (Å²) in [5.41, 5.74) is 6.96. The van der Waals surface area contributed by atoms with Crippen molar-refractivity contribution in [3.63, 3.8) is 0 Å². The Morgan fingerprint density at radius 1 is 0.975 bits per heavy atom. The van der Waals surface area contributed by atoms with E-state index in [1.54, 1.807) is 12.3 Å². The number of ether oxygens (including phenoxy) is 3. The van der Waals surface area contributed by atoms with Crippen LogP contribution in [-0.2, 0) is 11.2 Å². The van der Waals surface area contributed by atoms with Crippen LogP contribution in [0.15, 0.2) is 48.2 Å². The van der Waals surface area contributed by atoms with Crippen LogP contribution in [0.2, 0.25) is 0 Å². The Hall–Kier alpha value is -3.78. The van der Waals surface area contributed by atoms with E-state index in [0.717, 1.165) is 5.57 Å². The number of allylic oxidation sites excluding steroid dienone is 2. The fourth-order valence-electron chi connectivity index (χ4n) is 5.00. The molecular formula is C28H30N2O10. The lowest BCUT2D eigenvalue weighted by atomic mass is 9.81. The molecule has 0 aromatic heterocycles. The third kappa shape index (κ3) is 4.96. The summed E-state index contributed by atoms with van der Waals surface area (Å²) in [5, 5.41) is 54.0. The molecule has 40 heavy (non-hydrogen) atoms. The maximum absolute atomic E-state index is 13.7. The quantitative estimate of drug-likeness (QED) is 0.200. The van der Waals surface area contributed by atoms with Crippen LogP contribution in [-0.4, -0.2) is 87.7 Å². The minimum absolute atomic E-state index is 0.0212. The van der Waals surface area contributed by atoms with Crippen LogP contribution in [0.1, 0.15) is 43.8 Å². The number of fused-ring (bicyclic) bond motifs is 2. The Labute approximate surface area is 228 Å². The topological polar surface area (TPSA) is 201 Å². The molecule has 2 aliphatic heterocycles. The summed E-state index contributed by atoms with van der Waals surface area (Å²) in [5.74, 6) is -1.69. The number of dihydropyridines is 1. The van der Waals surface area contributed by atoms with E-state index in [-0.39, 0.29) is 45.7 Å². The van der Waals surface area contributed by atoms with E-state index in [0.29, 0.717) is 18.4 Å². The number of methoxy groups -OCH3 is 1. The van der Waals surface area contributed by atoms with Crippen molar-refractivity contribution in [2.24, 2.45) is 5.73 Å². The molecule has 12 heteroatoms. The minimum Gasteiger partial charge on any atom is -0.507 e. The van der Waals surface area contributed by atoms with Crippen LogP contribution in [0.25, 0.3) is 0 Å². The van der Waals surface area contributed by atoms with Crippen LogP contribution in [0.4, 0.5) is 0 Å².